The van der Waals surface area contributed by atoms with E-state index in [1.807, 2.05) is 6.92 Å². The van der Waals surface area contributed by atoms with Crippen LogP contribution in [-0.4, -0.2) is 37.2 Å². The molecule has 2 unspecified atom stereocenters. The van der Waals surface area contributed by atoms with Gasteiger partial charge in [0.05, 0.1) is 6.61 Å². The second-order valence-corrected chi connectivity index (χ2v) is 5.56. The maximum Gasteiger partial charge on any atom is 0.119 e. The van der Waals surface area contributed by atoms with Crippen LogP contribution in [0.15, 0.2) is 24.3 Å². The highest BCUT2D eigenvalue weighted by atomic mass is 16.5. The van der Waals surface area contributed by atoms with E-state index in [0.29, 0.717) is 12.1 Å². The van der Waals surface area contributed by atoms with E-state index in [1.54, 1.807) is 0 Å². The number of likely N-dealkylation sites (N-methyl/N-ethyl adjacent to an activating group) is 1. The summed E-state index contributed by atoms with van der Waals surface area (Å²) in [6.07, 6.45) is 2.63. The number of hydrogen-bond donors (Lipinski definition) is 1. The van der Waals surface area contributed by atoms with Crippen LogP contribution in [0.5, 0.6) is 5.75 Å². The van der Waals surface area contributed by atoms with Gasteiger partial charge in [0.15, 0.2) is 0 Å². The largest absolute Gasteiger partial charge is 0.494 e. The zero-order chi connectivity index (χ0) is 14.4. The molecule has 1 fully saturated rings. The topological polar surface area (TPSA) is 24.5 Å². The maximum atomic E-state index is 5.51. The lowest BCUT2D eigenvalue weighted by atomic mass is 10.1. The highest BCUT2D eigenvalue weighted by molar-refractivity contribution is 5.29. The molecule has 1 aliphatic heterocycles. The molecule has 0 spiro atoms. The minimum Gasteiger partial charge on any atom is -0.494 e. The Morgan fingerprint density at radius 3 is 2.60 bits per heavy atom. The average Bonchev–Trinajstić information content (AvgIpc) is 2.98. The molecule has 0 saturated carbocycles. The monoisotopic (exact) mass is 276 g/mol. The molecular weight excluding hydrogens is 248 g/mol. The molecule has 0 radical (unpaired) electrons. The van der Waals surface area contributed by atoms with Crippen molar-refractivity contribution in [2.24, 2.45) is 0 Å². The van der Waals surface area contributed by atoms with Crippen molar-refractivity contribution in [3.8, 4) is 5.75 Å². The van der Waals surface area contributed by atoms with E-state index < -0.39 is 0 Å². The first kappa shape index (κ1) is 15.3. The predicted molar refractivity (Wildman–Crippen MR) is 84.3 cm³/mol. The summed E-state index contributed by atoms with van der Waals surface area (Å²) in [7, 11) is 0. The Bertz CT molecular complexity index is 384. The number of ether oxygens (including phenoxy) is 1. The third kappa shape index (κ3) is 3.97. The molecule has 2 rings (SSSR count). The summed E-state index contributed by atoms with van der Waals surface area (Å²) in [5, 5.41) is 3.59. The van der Waals surface area contributed by atoms with Gasteiger partial charge in [0.2, 0.25) is 0 Å². The molecule has 0 aliphatic carbocycles. The molecule has 2 atom stereocenters. The fraction of sp³-hybridized carbons (Fsp3) is 0.647. The van der Waals surface area contributed by atoms with Crippen molar-refractivity contribution in [3.05, 3.63) is 29.8 Å². The lowest BCUT2D eigenvalue weighted by Gasteiger charge is -2.30. The van der Waals surface area contributed by atoms with Crippen molar-refractivity contribution < 1.29 is 4.74 Å². The summed E-state index contributed by atoms with van der Waals surface area (Å²) < 4.78 is 5.51. The summed E-state index contributed by atoms with van der Waals surface area (Å²) in [5.74, 6) is 0.962. The lowest BCUT2D eigenvalue weighted by Crippen LogP contribution is -2.38. The summed E-state index contributed by atoms with van der Waals surface area (Å²) in [6.45, 7) is 10.7. The molecule has 1 saturated heterocycles. The van der Waals surface area contributed by atoms with E-state index in [0.717, 1.165) is 25.4 Å². The Morgan fingerprint density at radius 1 is 1.30 bits per heavy atom. The SMILES string of the molecule is CCOc1ccc(C(C)N(CC)CC2CCCN2)cc1. The van der Waals surface area contributed by atoms with Crippen molar-refractivity contribution in [1.82, 2.24) is 10.2 Å². The van der Waals surface area contributed by atoms with E-state index in [4.69, 9.17) is 4.74 Å². The fourth-order valence-corrected chi connectivity index (χ4v) is 2.98. The van der Waals surface area contributed by atoms with Crippen LogP contribution >= 0.6 is 0 Å². The third-order valence-electron chi connectivity index (χ3n) is 4.24. The van der Waals surface area contributed by atoms with Gasteiger partial charge in [-0.3, -0.25) is 4.90 Å². The van der Waals surface area contributed by atoms with E-state index in [-0.39, 0.29) is 0 Å². The molecule has 0 bridgehead atoms. The average molecular weight is 276 g/mol. The molecule has 1 aromatic rings. The molecule has 1 aromatic carbocycles. The van der Waals surface area contributed by atoms with Crippen molar-refractivity contribution in [3.63, 3.8) is 0 Å². The van der Waals surface area contributed by atoms with Crippen LogP contribution in [0.3, 0.4) is 0 Å². The molecule has 3 heteroatoms. The second kappa shape index (κ2) is 7.65. The van der Waals surface area contributed by atoms with Gasteiger partial charge < -0.3 is 10.1 Å². The molecule has 0 aromatic heterocycles. The van der Waals surface area contributed by atoms with Crippen LogP contribution in [0.1, 0.15) is 45.2 Å². The van der Waals surface area contributed by atoms with Gasteiger partial charge in [-0.15, -0.1) is 0 Å². The Morgan fingerprint density at radius 2 is 2.05 bits per heavy atom. The first-order valence-corrected chi connectivity index (χ1v) is 7.94. The third-order valence-corrected chi connectivity index (χ3v) is 4.24. The molecule has 3 nitrogen and oxygen atoms in total. The summed E-state index contributed by atoms with van der Waals surface area (Å²) in [5.41, 5.74) is 1.37. The van der Waals surface area contributed by atoms with Crippen molar-refractivity contribution in [2.75, 3.05) is 26.2 Å². The summed E-state index contributed by atoms with van der Waals surface area (Å²) >= 11 is 0. The Labute approximate surface area is 123 Å². The zero-order valence-corrected chi connectivity index (χ0v) is 13.1. The molecule has 112 valence electrons. The molecule has 0 amide bonds. The first-order valence-electron chi connectivity index (χ1n) is 7.94. The molecule has 1 aliphatic rings. The fourth-order valence-electron chi connectivity index (χ4n) is 2.98. The van der Waals surface area contributed by atoms with Crippen molar-refractivity contribution in [2.45, 2.75) is 45.7 Å². The number of nitrogens with zero attached hydrogens (tertiary/aromatic N) is 1. The highest BCUT2D eigenvalue weighted by Crippen LogP contribution is 2.23. The van der Waals surface area contributed by atoms with E-state index in [9.17, 15) is 0 Å². The number of hydrogen-bond acceptors (Lipinski definition) is 3. The molecule has 1 N–H and O–H groups in total. The predicted octanol–water partition coefficient (Wildman–Crippen LogP) is 3.22. The second-order valence-electron chi connectivity index (χ2n) is 5.56. The minimum atomic E-state index is 0.457. The van der Waals surface area contributed by atoms with Gasteiger partial charge in [0.25, 0.3) is 0 Å². The molecule has 20 heavy (non-hydrogen) atoms. The van der Waals surface area contributed by atoms with Gasteiger partial charge in [-0.1, -0.05) is 19.1 Å². The number of rotatable bonds is 7. The number of benzene rings is 1. The van der Waals surface area contributed by atoms with Crippen molar-refractivity contribution in [1.29, 1.82) is 0 Å². The lowest BCUT2D eigenvalue weighted by molar-refractivity contribution is 0.202. The van der Waals surface area contributed by atoms with Crippen LogP contribution in [-0.2, 0) is 0 Å². The van der Waals surface area contributed by atoms with Crippen LogP contribution < -0.4 is 10.1 Å². The van der Waals surface area contributed by atoms with Gasteiger partial charge in [0, 0.05) is 18.6 Å². The Balaban J connectivity index is 1.97. The maximum absolute atomic E-state index is 5.51. The Kier molecular flexibility index (Phi) is 5.86. The zero-order valence-electron chi connectivity index (χ0n) is 13.1. The number of nitrogens with one attached hydrogen (secondary N) is 1. The van der Waals surface area contributed by atoms with E-state index >= 15 is 0 Å². The van der Waals surface area contributed by atoms with E-state index in [2.05, 4.69) is 48.3 Å². The van der Waals surface area contributed by atoms with Crippen LogP contribution in [0, 0.1) is 0 Å². The van der Waals surface area contributed by atoms with Crippen LogP contribution in [0.2, 0.25) is 0 Å². The summed E-state index contributed by atoms with van der Waals surface area (Å²) in [4.78, 5) is 2.55. The molecular formula is C17H28N2O. The standard InChI is InChI=1S/C17H28N2O/c1-4-19(13-16-7-6-12-18-16)14(3)15-8-10-17(11-9-15)20-5-2/h8-11,14,16,18H,4-7,12-13H2,1-3H3. The smallest absolute Gasteiger partial charge is 0.119 e. The summed E-state index contributed by atoms with van der Waals surface area (Å²) in [6, 6.07) is 9.67. The van der Waals surface area contributed by atoms with E-state index in [1.165, 1.54) is 24.9 Å². The van der Waals surface area contributed by atoms with Gasteiger partial charge in [-0.05, 0) is 57.5 Å². The quantitative estimate of drug-likeness (QED) is 0.827. The highest BCUT2D eigenvalue weighted by Gasteiger charge is 2.21. The van der Waals surface area contributed by atoms with Gasteiger partial charge in [-0.2, -0.15) is 0 Å². The first-order chi connectivity index (χ1) is 9.74. The van der Waals surface area contributed by atoms with Crippen LogP contribution in [0.4, 0.5) is 0 Å². The van der Waals surface area contributed by atoms with Gasteiger partial charge in [-0.25, -0.2) is 0 Å². The van der Waals surface area contributed by atoms with Crippen molar-refractivity contribution >= 4 is 0 Å². The van der Waals surface area contributed by atoms with Gasteiger partial charge >= 0.3 is 0 Å². The van der Waals surface area contributed by atoms with Gasteiger partial charge in [0.1, 0.15) is 5.75 Å². The minimum absolute atomic E-state index is 0.457. The normalized spacial score (nSPS) is 20.3. The Hall–Kier alpha value is -1.06. The van der Waals surface area contributed by atoms with Crippen LogP contribution in [0.25, 0.3) is 0 Å². The molecule has 1 heterocycles.